The van der Waals surface area contributed by atoms with Crippen molar-refractivity contribution in [3.05, 3.63) is 64.4 Å². The van der Waals surface area contributed by atoms with Crippen LogP contribution < -0.4 is 5.32 Å². The van der Waals surface area contributed by atoms with Crippen LogP contribution in [0.5, 0.6) is 0 Å². The lowest BCUT2D eigenvalue weighted by Crippen LogP contribution is -2.20. The van der Waals surface area contributed by atoms with Gasteiger partial charge in [0.05, 0.1) is 0 Å². The third-order valence-corrected chi connectivity index (χ3v) is 3.32. The van der Waals surface area contributed by atoms with Gasteiger partial charge in [-0.05, 0) is 29.8 Å². The fraction of sp³-hybridized carbons (Fsp3) is 0.0714. The number of halogens is 2. The van der Waals surface area contributed by atoms with Crippen LogP contribution in [-0.2, 0) is 4.79 Å². The molecule has 0 saturated carbocycles. The van der Waals surface area contributed by atoms with E-state index < -0.39 is 17.8 Å². The molecule has 0 saturated heterocycles. The van der Waals surface area contributed by atoms with Crippen molar-refractivity contribution in [3.63, 3.8) is 0 Å². The predicted molar refractivity (Wildman–Crippen MR) is 74.5 cm³/mol. The van der Waals surface area contributed by atoms with E-state index in [4.69, 9.17) is 0 Å². The highest BCUT2D eigenvalue weighted by Gasteiger charge is 2.21. The molecule has 0 bridgehead atoms. The standard InChI is InChI=1S/C14H11BrFNO2/c15-12-7-2-1-6-11(12)13(14(18)19)17-10-5-3-4-9(16)8-10/h1-8,13,17H,(H,18,19). The Labute approximate surface area is 118 Å². The van der Waals surface area contributed by atoms with E-state index in [-0.39, 0.29) is 0 Å². The Morgan fingerprint density at radius 2 is 1.95 bits per heavy atom. The molecule has 0 spiro atoms. The van der Waals surface area contributed by atoms with Crippen LogP contribution in [0.2, 0.25) is 0 Å². The molecule has 0 aliphatic carbocycles. The van der Waals surface area contributed by atoms with Crippen molar-refractivity contribution in [1.82, 2.24) is 0 Å². The lowest BCUT2D eigenvalue weighted by atomic mass is 10.1. The zero-order chi connectivity index (χ0) is 13.8. The monoisotopic (exact) mass is 323 g/mol. The Hall–Kier alpha value is -1.88. The first-order chi connectivity index (χ1) is 9.08. The van der Waals surface area contributed by atoms with Crippen LogP contribution in [0.4, 0.5) is 10.1 Å². The molecule has 0 amide bonds. The molecule has 5 heteroatoms. The summed E-state index contributed by atoms with van der Waals surface area (Å²) in [6.07, 6.45) is 0. The number of aliphatic carboxylic acids is 1. The van der Waals surface area contributed by atoms with E-state index in [9.17, 15) is 14.3 Å². The highest BCUT2D eigenvalue weighted by Crippen LogP contribution is 2.26. The number of carboxylic acid groups (broad SMARTS) is 1. The van der Waals surface area contributed by atoms with Crippen LogP contribution in [0.3, 0.4) is 0 Å². The maximum atomic E-state index is 13.1. The van der Waals surface area contributed by atoms with Crippen molar-refractivity contribution in [1.29, 1.82) is 0 Å². The molecule has 0 fully saturated rings. The van der Waals surface area contributed by atoms with Gasteiger partial charge in [0, 0.05) is 10.2 Å². The van der Waals surface area contributed by atoms with E-state index >= 15 is 0 Å². The zero-order valence-corrected chi connectivity index (χ0v) is 11.4. The number of anilines is 1. The van der Waals surface area contributed by atoms with Crippen molar-refractivity contribution in [3.8, 4) is 0 Å². The summed E-state index contributed by atoms with van der Waals surface area (Å²) in [5.41, 5.74) is 1.00. The molecular formula is C14H11BrFNO2. The minimum Gasteiger partial charge on any atom is -0.479 e. The third-order valence-electron chi connectivity index (χ3n) is 2.60. The van der Waals surface area contributed by atoms with Crippen LogP contribution in [0.15, 0.2) is 53.0 Å². The summed E-state index contributed by atoms with van der Waals surface area (Å²) in [5, 5.41) is 12.1. The van der Waals surface area contributed by atoms with Crippen LogP contribution in [-0.4, -0.2) is 11.1 Å². The molecule has 19 heavy (non-hydrogen) atoms. The molecule has 1 unspecified atom stereocenters. The van der Waals surface area contributed by atoms with Gasteiger partial charge in [-0.2, -0.15) is 0 Å². The van der Waals surface area contributed by atoms with Gasteiger partial charge in [0.2, 0.25) is 0 Å². The van der Waals surface area contributed by atoms with Crippen molar-refractivity contribution in [2.75, 3.05) is 5.32 Å². The van der Waals surface area contributed by atoms with Crippen molar-refractivity contribution < 1.29 is 14.3 Å². The molecule has 2 aromatic rings. The van der Waals surface area contributed by atoms with Crippen molar-refractivity contribution in [2.24, 2.45) is 0 Å². The topological polar surface area (TPSA) is 49.3 Å². The van der Waals surface area contributed by atoms with Gasteiger partial charge >= 0.3 is 5.97 Å². The van der Waals surface area contributed by atoms with Gasteiger partial charge in [-0.1, -0.05) is 40.2 Å². The van der Waals surface area contributed by atoms with Crippen LogP contribution in [0.1, 0.15) is 11.6 Å². The largest absolute Gasteiger partial charge is 0.479 e. The van der Waals surface area contributed by atoms with Crippen LogP contribution >= 0.6 is 15.9 Å². The van der Waals surface area contributed by atoms with E-state index in [1.165, 1.54) is 18.2 Å². The molecule has 0 radical (unpaired) electrons. The number of nitrogens with one attached hydrogen (secondary N) is 1. The predicted octanol–water partition coefficient (Wildman–Crippen LogP) is 3.83. The molecule has 3 nitrogen and oxygen atoms in total. The first-order valence-electron chi connectivity index (χ1n) is 5.57. The quantitative estimate of drug-likeness (QED) is 0.899. The number of hydrogen-bond acceptors (Lipinski definition) is 2. The lowest BCUT2D eigenvalue weighted by Gasteiger charge is -2.17. The zero-order valence-electron chi connectivity index (χ0n) is 9.81. The summed E-state index contributed by atoms with van der Waals surface area (Å²) < 4.78 is 13.8. The van der Waals surface area contributed by atoms with Gasteiger partial charge in [-0.15, -0.1) is 0 Å². The SMILES string of the molecule is O=C(O)C(Nc1cccc(F)c1)c1ccccc1Br. The average Bonchev–Trinajstić information content (AvgIpc) is 2.37. The van der Waals surface area contributed by atoms with Gasteiger partial charge in [0.15, 0.2) is 6.04 Å². The second-order valence-electron chi connectivity index (χ2n) is 3.95. The minimum absolute atomic E-state index is 0.415. The number of benzene rings is 2. The normalized spacial score (nSPS) is 11.9. The smallest absolute Gasteiger partial charge is 0.330 e. The third kappa shape index (κ3) is 3.32. The van der Waals surface area contributed by atoms with Crippen LogP contribution in [0, 0.1) is 5.82 Å². The second-order valence-corrected chi connectivity index (χ2v) is 4.80. The Bertz CT molecular complexity index is 604. The molecular weight excluding hydrogens is 313 g/mol. The van der Waals surface area contributed by atoms with Crippen molar-refractivity contribution in [2.45, 2.75) is 6.04 Å². The summed E-state index contributed by atoms with van der Waals surface area (Å²) >= 11 is 3.32. The molecule has 2 rings (SSSR count). The molecule has 0 aromatic heterocycles. The highest BCUT2D eigenvalue weighted by molar-refractivity contribution is 9.10. The Balaban J connectivity index is 2.32. The van der Waals surface area contributed by atoms with Crippen molar-refractivity contribution >= 4 is 27.6 Å². The van der Waals surface area contributed by atoms with E-state index in [0.29, 0.717) is 15.7 Å². The van der Waals surface area contributed by atoms with E-state index in [2.05, 4.69) is 21.2 Å². The first-order valence-corrected chi connectivity index (χ1v) is 6.36. The summed E-state index contributed by atoms with van der Waals surface area (Å²) in [7, 11) is 0. The number of carboxylic acids is 1. The average molecular weight is 324 g/mol. The van der Waals surface area contributed by atoms with Gasteiger partial charge in [0.1, 0.15) is 5.82 Å². The molecule has 1 atom stereocenters. The minimum atomic E-state index is -1.03. The van der Waals surface area contributed by atoms with Gasteiger partial charge < -0.3 is 10.4 Å². The number of hydrogen-bond donors (Lipinski definition) is 2. The molecule has 2 aromatic carbocycles. The molecule has 0 aliphatic rings. The van der Waals surface area contributed by atoms with Gasteiger partial charge in [-0.25, -0.2) is 9.18 Å². The lowest BCUT2D eigenvalue weighted by molar-refractivity contribution is -0.138. The fourth-order valence-electron chi connectivity index (χ4n) is 1.73. The summed E-state index contributed by atoms with van der Waals surface area (Å²) in [5.74, 6) is -1.45. The maximum absolute atomic E-state index is 13.1. The number of carbonyl (C=O) groups is 1. The van der Waals surface area contributed by atoms with Crippen LogP contribution in [0.25, 0.3) is 0 Å². The summed E-state index contributed by atoms with van der Waals surface area (Å²) in [6, 6.07) is 11.8. The van der Waals surface area contributed by atoms with E-state index in [1.54, 1.807) is 30.3 Å². The van der Waals surface area contributed by atoms with E-state index in [0.717, 1.165) is 0 Å². The van der Waals surface area contributed by atoms with E-state index in [1.807, 2.05) is 0 Å². The summed E-state index contributed by atoms with van der Waals surface area (Å²) in [6.45, 7) is 0. The molecule has 0 aliphatic heterocycles. The maximum Gasteiger partial charge on any atom is 0.330 e. The first kappa shape index (κ1) is 13.5. The Kier molecular flexibility index (Phi) is 4.16. The fourth-order valence-corrected chi connectivity index (χ4v) is 2.24. The highest BCUT2D eigenvalue weighted by atomic mass is 79.9. The van der Waals surface area contributed by atoms with Gasteiger partial charge in [-0.3, -0.25) is 0 Å². The summed E-state index contributed by atoms with van der Waals surface area (Å²) in [4.78, 5) is 11.4. The Morgan fingerprint density at radius 1 is 1.21 bits per heavy atom. The Morgan fingerprint density at radius 3 is 2.58 bits per heavy atom. The van der Waals surface area contributed by atoms with Gasteiger partial charge in [0.25, 0.3) is 0 Å². The second kappa shape index (κ2) is 5.84. The molecule has 2 N–H and O–H groups in total. The molecule has 0 heterocycles. The molecule has 98 valence electrons. The number of rotatable bonds is 4.